The summed E-state index contributed by atoms with van der Waals surface area (Å²) in [4.78, 5) is 18.1. The zero-order valence-electron chi connectivity index (χ0n) is 18.6. The lowest BCUT2D eigenvalue weighted by Gasteiger charge is -2.14. The maximum absolute atomic E-state index is 13.4. The maximum Gasteiger partial charge on any atom is 0.282 e. The second kappa shape index (κ2) is 10.8. The number of benzene rings is 3. The van der Waals surface area contributed by atoms with Gasteiger partial charge in [-0.1, -0.05) is 69.4 Å². The zero-order valence-corrected chi connectivity index (χ0v) is 22.6. The number of ether oxygens (including phenoxy) is 1. The first-order valence-electron chi connectivity index (χ1n) is 10.8. The van der Waals surface area contributed by atoms with Crippen molar-refractivity contribution in [2.24, 2.45) is 5.10 Å². The average Bonchev–Trinajstić information content (AvgIpc) is 2.83. The SMILES string of the molecule is CC[C@@H](C)c1nc2ccc(Br)cc2c(=O)n1N=Cc1cc(Cl)ccc1OCc1ccc(Br)cc1. The van der Waals surface area contributed by atoms with Gasteiger partial charge in [0.25, 0.3) is 5.56 Å². The van der Waals surface area contributed by atoms with E-state index in [2.05, 4.69) is 43.9 Å². The molecule has 3 aromatic carbocycles. The van der Waals surface area contributed by atoms with Crippen molar-refractivity contribution >= 4 is 60.6 Å². The molecule has 0 saturated heterocycles. The van der Waals surface area contributed by atoms with E-state index in [1.807, 2.05) is 43.3 Å². The molecule has 34 heavy (non-hydrogen) atoms. The van der Waals surface area contributed by atoms with Crippen LogP contribution in [0.15, 0.2) is 79.5 Å². The molecule has 0 aliphatic carbocycles. The van der Waals surface area contributed by atoms with Crippen LogP contribution in [0, 0.1) is 0 Å². The van der Waals surface area contributed by atoms with E-state index >= 15 is 0 Å². The van der Waals surface area contributed by atoms with Crippen LogP contribution in [0.5, 0.6) is 5.75 Å². The fraction of sp³-hybridized carbons (Fsp3) is 0.192. The summed E-state index contributed by atoms with van der Waals surface area (Å²) in [6.07, 6.45) is 2.42. The van der Waals surface area contributed by atoms with Gasteiger partial charge in [-0.25, -0.2) is 4.98 Å². The van der Waals surface area contributed by atoms with Crippen LogP contribution in [-0.4, -0.2) is 15.9 Å². The van der Waals surface area contributed by atoms with Crippen molar-refractivity contribution in [2.75, 3.05) is 0 Å². The van der Waals surface area contributed by atoms with Crippen LogP contribution in [0.1, 0.15) is 43.1 Å². The van der Waals surface area contributed by atoms with Crippen LogP contribution in [0.4, 0.5) is 0 Å². The van der Waals surface area contributed by atoms with E-state index in [1.54, 1.807) is 30.5 Å². The lowest BCUT2D eigenvalue weighted by Crippen LogP contribution is -2.23. The molecule has 0 unspecified atom stereocenters. The van der Waals surface area contributed by atoms with Gasteiger partial charge in [0.05, 0.1) is 17.1 Å². The van der Waals surface area contributed by atoms with E-state index in [0.717, 1.165) is 20.9 Å². The van der Waals surface area contributed by atoms with Crippen molar-refractivity contribution in [3.63, 3.8) is 0 Å². The third-order valence-corrected chi connectivity index (χ3v) is 6.74. The summed E-state index contributed by atoms with van der Waals surface area (Å²) < 4.78 is 9.24. The summed E-state index contributed by atoms with van der Waals surface area (Å²) in [7, 11) is 0. The molecule has 0 bridgehead atoms. The molecular weight excluding hydrogens is 582 g/mol. The minimum atomic E-state index is -0.225. The molecule has 4 rings (SSSR count). The van der Waals surface area contributed by atoms with E-state index < -0.39 is 0 Å². The number of nitrogens with zero attached hydrogens (tertiary/aromatic N) is 3. The smallest absolute Gasteiger partial charge is 0.282 e. The van der Waals surface area contributed by atoms with Crippen LogP contribution < -0.4 is 10.3 Å². The topological polar surface area (TPSA) is 56.5 Å². The third-order valence-electron chi connectivity index (χ3n) is 5.48. The Kier molecular flexibility index (Phi) is 7.86. The quantitative estimate of drug-likeness (QED) is 0.205. The summed E-state index contributed by atoms with van der Waals surface area (Å²) in [5, 5.41) is 5.59. The van der Waals surface area contributed by atoms with Gasteiger partial charge in [-0.15, -0.1) is 0 Å². The molecule has 0 saturated carbocycles. The molecule has 1 heterocycles. The van der Waals surface area contributed by atoms with Crippen molar-refractivity contribution in [2.45, 2.75) is 32.8 Å². The number of hydrogen-bond acceptors (Lipinski definition) is 4. The summed E-state index contributed by atoms with van der Waals surface area (Å²) in [6.45, 7) is 4.48. The maximum atomic E-state index is 13.4. The molecule has 0 aliphatic heterocycles. The lowest BCUT2D eigenvalue weighted by atomic mass is 10.1. The van der Waals surface area contributed by atoms with Crippen LogP contribution in [-0.2, 0) is 6.61 Å². The predicted molar refractivity (Wildman–Crippen MR) is 145 cm³/mol. The van der Waals surface area contributed by atoms with Gasteiger partial charge >= 0.3 is 0 Å². The third kappa shape index (κ3) is 5.59. The highest BCUT2D eigenvalue weighted by atomic mass is 79.9. The first-order valence-corrected chi connectivity index (χ1v) is 12.8. The van der Waals surface area contributed by atoms with Crippen molar-refractivity contribution < 1.29 is 4.74 Å². The molecule has 0 N–H and O–H groups in total. The second-order valence-electron chi connectivity index (χ2n) is 7.90. The molecule has 0 amide bonds. The molecule has 0 spiro atoms. The van der Waals surface area contributed by atoms with Gasteiger partial charge in [-0.05, 0) is 60.5 Å². The molecule has 1 atom stereocenters. The number of aromatic nitrogens is 2. The number of fused-ring (bicyclic) bond motifs is 1. The highest BCUT2D eigenvalue weighted by Crippen LogP contribution is 2.24. The Morgan fingerprint density at radius 2 is 1.82 bits per heavy atom. The molecule has 1 aromatic heterocycles. The van der Waals surface area contributed by atoms with Crippen LogP contribution in [0.3, 0.4) is 0 Å². The fourth-order valence-corrected chi connectivity index (χ4v) is 4.20. The molecule has 5 nitrogen and oxygen atoms in total. The van der Waals surface area contributed by atoms with E-state index in [1.165, 1.54) is 4.68 Å². The Hall–Kier alpha value is -2.48. The van der Waals surface area contributed by atoms with Crippen LogP contribution >= 0.6 is 43.5 Å². The summed E-state index contributed by atoms with van der Waals surface area (Å²) in [6, 6.07) is 18.7. The highest BCUT2D eigenvalue weighted by molar-refractivity contribution is 9.10. The van der Waals surface area contributed by atoms with Crippen LogP contribution in [0.25, 0.3) is 10.9 Å². The normalized spacial score (nSPS) is 12.4. The number of rotatable bonds is 7. The first-order chi connectivity index (χ1) is 16.4. The van der Waals surface area contributed by atoms with Gasteiger partial charge in [-0.3, -0.25) is 4.79 Å². The van der Waals surface area contributed by atoms with Gasteiger partial charge in [-0.2, -0.15) is 9.78 Å². The average molecular weight is 604 g/mol. The Morgan fingerprint density at radius 1 is 1.09 bits per heavy atom. The van der Waals surface area contributed by atoms with Gasteiger partial charge < -0.3 is 4.74 Å². The molecule has 0 radical (unpaired) electrons. The summed E-state index contributed by atoms with van der Waals surface area (Å²) >= 11 is 13.1. The van der Waals surface area contributed by atoms with E-state index in [9.17, 15) is 4.79 Å². The summed E-state index contributed by atoms with van der Waals surface area (Å²) in [5.74, 6) is 1.27. The van der Waals surface area contributed by atoms with Crippen molar-refractivity contribution in [3.05, 3.63) is 102 Å². The first kappa shape index (κ1) is 24.6. The van der Waals surface area contributed by atoms with E-state index in [0.29, 0.717) is 39.7 Å². The standard InChI is InChI=1S/C26H22Br2ClN3O2/c1-3-16(2)25-31-23-10-8-20(28)13-22(23)26(33)32(25)30-14-18-12-21(29)9-11-24(18)34-15-17-4-6-19(27)7-5-17/h4-14,16H,3,15H2,1-2H3/t16-/m1/s1. The van der Waals surface area contributed by atoms with Crippen molar-refractivity contribution in [1.82, 2.24) is 9.66 Å². The van der Waals surface area contributed by atoms with Gasteiger partial charge in [0.2, 0.25) is 0 Å². The molecule has 4 aromatic rings. The summed E-state index contributed by atoms with van der Waals surface area (Å²) in [5.41, 5.74) is 2.12. The molecule has 0 aliphatic rings. The van der Waals surface area contributed by atoms with Crippen LogP contribution in [0.2, 0.25) is 5.02 Å². The Labute approximate surface area is 219 Å². The zero-order chi connectivity index (χ0) is 24.2. The van der Waals surface area contributed by atoms with E-state index in [4.69, 9.17) is 21.3 Å². The monoisotopic (exact) mass is 601 g/mol. The Bertz CT molecular complexity index is 1420. The largest absolute Gasteiger partial charge is 0.488 e. The van der Waals surface area contributed by atoms with E-state index in [-0.39, 0.29) is 11.5 Å². The second-order valence-corrected chi connectivity index (χ2v) is 10.2. The minimum Gasteiger partial charge on any atom is -0.488 e. The van der Waals surface area contributed by atoms with Gasteiger partial charge in [0.15, 0.2) is 0 Å². The van der Waals surface area contributed by atoms with Gasteiger partial charge in [0, 0.05) is 25.4 Å². The number of halogens is 3. The number of hydrogen-bond donors (Lipinski definition) is 0. The minimum absolute atomic E-state index is 0.0467. The molecular formula is C26H22Br2ClN3O2. The van der Waals surface area contributed by atoms with Crippen molar-refractivity contribution in [1.29, 1.82) is 0 Å². The Morgan fingerprint density at radius 3 is 2.56 bits per heavy atom. The molecule has 8 heteroatoms. The predicted octanol–water partition coefficient (Wildman–Crippen LogP) is 7.55. The molecule has 174 valence electrons. The highest BCUT2D eigenvalue weighted by Gasteiger charge is 2.16. The fourth-order valence-electron chi connectivity index (χ4n) is 3.39. The molecule has 0 fully saturated rings. The Balaban J connectivity index is 1.73. The van der Waals surface area contributed by atoms with Gasteiger partial charge in [0.1, 0.15) is 18.2 Å². The van der Waals surface area contributed by atoms with Crippen molar-refractivity contribution in [3.8, 4) is 5.75 Å². The lowest BCUT2D eigenvalue weighted by molar-refractivity contribution is 0.306.